The van der Waals surface area contributed by atoms with E-state index in [1.807, 2.05) is 0 Å². The first-order valence-electron chi connectivity index (χ1n) is 6.83. The first kappa shape index (κ1) is 11.4. The molecule has 2 atom stereocenters. The second-order valence-electron chi connectivity index (χ2n) is 5.43. The number of rotatable bonds is 2. The van der Waals surface area contributed by atoms with Crippen LogP contribution in [0.1, 0.15) is 51.9 Å². The van der Waals surface area contributed by atoms with Gasteiger partial charge in [-0.3, -0.25) is 0 Å². The lowest BCUT2D eigenvalue weighted by molar-refractivity contribution is 0.262. The normalized spacial score (nSPS) is 35.0. The van der Waals surface area contributed by atoms with Gasteiger partial charge in [0.05, 0.1) is 0 Å². The van der Waals surface area contributed by atoms with Gasteiger partial charge < -0.3 is 10.6 Å². The lowest BCUT2D eigenvalue weighted by atomic mass is 9.93. The van der Waals surface area contributed by atoms with Crippen LogP contribution in [-0.2, 0) is 0 Å². The van der Waals surface area contributed by atoms with Gasteiger partial charge in [0.1, 0.15) is 0 Å². The smallest absolute Gasteiger partial charge is 0.0119 e. The van der Waals surface area contributed by atoms with Crippen LogP contribution in [0.15, 0.2) is 0 Å². The third kappa shape index (κ3) is 3.46. The van der Waals surface area contributed by atoms with Crippen LogP contribution in [0.2, 0.25) is 0 Å². The van der Waals surface area contributed by atoms with Crippen LogP contribution in [0.3, 0.4) is 0 Å². The zero-order valence-corrected chi connectivity index (χ0v) is 10.1. The van der Waals surface area contributed by atoms with Gasteiger partial charge in [0, 0.05) is 12.1 Å². The minimum Gasteiger partial charge on any atom is -0.316 e. The molecule has 15 heavy (non-hydrogen) atoms. The summed E-state index contributed by atoms with van der Waals surface area (Å²) in [6.07, 6.45) is 9.94. The first-order valence-corrected chi connectivity index (χ1v) is 6.83. The third-order valence-corrected chi connectivity index (χ3v) is 4.09. The van der Waals surface area contributed by atoms with Crippen LogP contribution >= 0.6 is 0 Å². The Labute approximate surface area is 94.2 Å². The molecule has 0 aromatic heterocycles. The number of nitrogens with one attached hydrogen (secondary N) is 2. The quantitative estimate of drug-likeness (QED) is 0.683. The molecule has 0 amide bonds. The van der Waals surface area contributed by atoms with Crippen LogP contribution in [0.25, 0.3) is 0 Å². The number of piperidine rings is 1. The van der Waals surface area contributed by atoms with Crippen molar-refractivity contribution in [1.29, 1.82) is 0 Å². The van der Waals surface area contributed by atoms with Gasteiger partial charge in [0.25, 0.3) is 0 Å². The van der Waals surface area contributed by atoms with Crippen LogP contribution < -0.4 is 10.6 Å². The fraction of sp³-hybridized carbons (Fsp3) is 1.00. The molecule has 0 aromatic carbocycles. The van der Waals surface area contributed by atoms with Crippen LogP contribution in [0.5, 0.6) is 0 Å². The Morgan fingerprint density at radius 2 is 1.73 bits per heavy atom. The van der Waals surface area contributed by atoms with E-state index in [0.29, 0.717) is 0 Å². The van der Waals surface area contributed by atoms with Crippen molar-refractivity contribution in [3.63, 3.8) is 0 Å². The molecule has 2 heteroatoms. The molecule has 1 aliphatic carbocycles. The predicted molar refractivity (Wildman–Crippen MR) is 65.1 cm³/mol. The highest BCUT2D eigenvalue weighted by atomic mass is 15.0. The van der Waals surface area contributed by atoms with Crippen molar-refractivity contribution < 1.29 is 0 Å². The molecule has 1 heterocycles. The van der Waals surface area contributed by atoms with E-state index in [2.05, 4.69) is 17.6 Å². The summed E-state index contributed by atoms with van der Waals surface area (Å²) >= 11 is 0. The molecule has 88 valence electrons. The van der Waals surface area contributed by atoms with Gasteiger partial charge in [-0.15, -0.1) is 0 Å². The minimum absolute atomic E-state index is 0.773. The fourth-order valence-corrected chi connectivity index (χ4v) is 3.01. The predicted octanol–water partition coefficient (Wildman–Crippen LogP) is 2.30. The van der Waals surface area contributed by atoms with Gasteiger partial charge in [-0.2, -0.15) is 0 Å². The van der Waals surface area contributed by atoms with Gasteiger partial charge >= 0.3 is 0 Å². The average molecular weight is 210 g/mol. The van der Waals surface area contributed by atoms with Gasteiger partial charge in [-0.05, 0) is 38.3 Å². The zero-order valence-electron chi connectivity index (χ0n) is 10.1. The van der Waals surface area contributed by atoms with Crippen molar-refractivity contribution in [2.45, 2.75) is 64.0 Å². The Morgan fingerprint density at radius 1 is 1.00 bits per heavy atom. The molecule has 2 unspecified atom stereocenters. The largest absolute Gasteiger partial charge is 0.316 e. The summed E-state index contributed by atoms with van der Waals surface area (Å²) in [5.74, 6) is 0.807. The van der Waals surface area contributed by atoms with Crippen LogP contribution in [-0.4, -0.2) is 25.2 Å². The number of hydrogen-bond acceptors (Lipinski definition) is 2. The maximum Gasteiger partial charge on any atom is 0.0119 e. The van der Waals surface area contributed by atoms with E-state index in [1.165, 1.54) is 58.0 Å². The van der Waals surface area contributed by atoms with E-state index < -0.39 is 0 Å². The van der Waals surface area contributed by atoms with Crippen molar-refractivity contribution in [3.8, 4) is 0 Å². The summed E-state index contributed by atoms with van der Waals surface area (Å²) < 4.78 is 0. The highest BCUT2D eigenvalue weighted by Crippen LogP contribution is 2.20. The van der Waals surface area contributed by atoms with E-state index in [0.717, 1.165) is 18.0 Å². The first-order chi connectivity index (χ1) is 7.36. The summed E-state index contributed by atoms with van der Waals surface area (Å²) in [4.78, 5) is 0. The van der Waals surface area contributed by atoms with Crippen LogP contribution in [0.4, 0.5) is 0 Å². The minimum atomic E-state index is 0.773. The summed E-state index contributed by atoms with van der Waals surface area (Å²) in [6.45, 7) is 4.78. The van der Waals surface area contributed by atoms with Crippen LogP contribution in [0, 0.1) is 5.92 Å². The van der Waals surface area contributed by atoms with Gasteiger partial charge in [-0.25, -0.2) is 0 Å². The molecule has 1 saturated carbocycles. The molecule has 1 aliphatic heterocycles. The Kier molecular flexibility index (Phi) is 4.45. The maximum atomic E-state index is 3.91. The van der Waals surface area contributed by atoms with E-state index in [-0.39, 0.29) is 0 Å². The molecular formula is C13H26N2. The molecule has 2 fully saturated rings. The molecule has 1 saturated heterocycles. The van der Waals surface area contributed by atoms with Gasteiger partial charge in [0.2, 0.25) is 0 Å². The van der Waals surface area contributed by atoms with Crippen molar-refractivity contribution in [1.82, 2.24) is 10.6 Å². The zero-order chi connectivity index (χ0) is 10.5. The molecular weight excluding hydrogens is 184 g/mol. The topological polar surface area (TPSA) is 24.1 Å². The Morgan fingerprint density at radius 3 is 2.40 bits per heavy atom. The fourth-order valence-electron chi connectivity index (χ4n) is 3.01. The molecule has 2 N–H and O–H groups in total. The Balaban J connectivity index is 1.78. The second-order valence-corrected chi connectivity index (χ2v) is 5.43. The van der Waals surface area contributed by atoms with E-state index >= 15 is 0 Å². The summed E-state index contributed by atoms with van der Waals surface area (Å²) in [5.41, 5.74) is 0. The molecule has 2 nitrogen and oxygen atoms in total. The van der Waals surface area contributed by atoms with Crippen molar-refractivity contribution in [3.05, 3.63) is 0 Å². The monoisotopic (exact) mass is 210 g/mol. The van der Waals surface area contributed by atoms with Crippen molar-refractivity contribution >= 4 is 0 Å². The maximum absolute atomic E-state index is 3.91. The summed E-state index contributed by atoms with van der Waals surface area (Å²) in [6, 6.07) is 1.59. The van der Waals surface area contributed by atoms with Crippen molar-refractivity contribution in [2.75, 3.05) is 13.1 Å². The molecule has 0 radical (unpaired) electrons. The van der Waals surface area contributed by atoms with Gasteiger partial charge in [-0.1, -0.05) is 32.6 Å². The Hall–Kier alpha value is -0.0800. The SMILES string of the molecule is CC1CNCCC1NC1CCCCCC1. The standard InChI is InChI=1S/C13H26N2/c1-11-10-14-9-8-13(11)15-12-6-4-2-3-5-7-12/h11-15H,2-10H2,1H3. The molecule has 0 bridgehead atoms. The summed E-state index contributed by atoms with van der Waals surface area (Å²) in [5, 5.41) is 7.38. The van der Waals surface area contributed by atoms with E-state index in [4.69, 9.17) is 0 Å². The van der Waals surface area contributed by atoms with E-state index in [9.17, 15) is 0 Å². The van der Waals surface area contributed by atoms with Crippen molar-refractivity contribution in [2.24, 2.45) is 5.92 Å². The highest BCUT2D eigenvalue weighted by Gasteiger charge is 2.23. The molecule has 0 aromatic rings. The molecule has 2 rings (SSSR count). The average Bonchev–Trinajstić information content (AvgIpc) is 2.50. The lowest BCUT2D eigenvalue weighted by Crippen LogP contribution is -2.49. The highest BCUT2D eigenvalue weighted by molar-refractivity contribution is 4.84. The third-order valence-electron chi connectivity index (χ3n) is 4.09. The number of hydrogen-bond donors (Lipinski definition) is 2. The molecule has 0 spiro atoms. The van der Waals surface area contributed by atoms with E-state index in [1.54, 1.807) is 0 Å². The second kappa shape index (κ2) is 5.86. The molecule has 2 aliphatic rings. The lowest BCUT2D eigenvalue weighted by Gasteiger charge is -2.33. The Bertz CT molecular complexity index is 173. The summed E-state index contributed by atoms with van der Waals surface area (Å²) in [7, 11) is 0. The van der Waals surface area contributed by atoms with Gasteiger partial charge in [0.15, 0.2) is 0 Å².